The van der Waals surface area contributed by atoms with Gasteiger partial charge in [0.15, 0.2) is 0 Å². The molecule has 0 bridgehead atoms. The molecule has 0 aliphatic carbocycles. The van der Waals surface area contributed by atoms with Gasteiger partial charge >= 0.3 is 0 Å². The third kappa shape index (κ3) is 2.77. The summed E-state index contributed by atoms with van der Waals surface area (Å²) < 4.78 is 5.44. The van der Waals surface area contributed by atoms with E-state index in [0.29, 0.717) is 13.0 Å². The zero-order valence-corrected chi connectivity index (χ0v) is 10.2. The lowest BCUT2D eigenvalue weighted by atomic mass is 10.1. The van der Waals surface area contributed by atoms with E-state index in [9.17, 15) is 0 Å². The van der Waals surface area contributed by atoms with Gasteiger partial charge < -0.3 is 0 Å². The zero-order valence-electron chi connectivity index (χ0n) is 9.37. The Kier molecular flexibility index (Phi) is 3.62. The van der Waals surface area contributed by atoms with E-state index in [1.54, 1.807) is 4.68 Å². The molecule has 2 rings (SSSR count). The number of hydrogen-bond acceptors (Lipinski definition) is 5. The molecule has 0 N–H and O–H groups in total. The number of benzene rings is 1. The topological polar surface area (TPSA) is 66.9 Å². The molecule has 0 aliphatic rings. The molecule has 2 aromatic rings. The number of nitriles is 1. The highest BCUT2D eigenvalue weighted by atomic mass is 32.1. The molecule has 86 valence electrons. The third-order valence-electron chi connectivity index (χ3n) is 2.34. The quantitative estimate of drug-likeness (QED) is 0.811. The Morgan fingerprint density at radius 2 is 2.18 bits per heavy atom. The maximum Gasteiger partial charge on any atom is 0.222 e. The van der Waals surface area contributed by atoms with E-state index in [4.69, 9.17) is 5.26 Å². The summed E-state index contributed by atoms with van der Waals surface area (Å²) in [5, 5.41) is 12.6. The van der Waals surface area contributed by atoms with Crippen LogP contribution in [0.2, 0.25) is 0 Å². The second kappa shape index (κ2) is 5.37. The Labute approximate surface area is 103 Å². The van der Waals surface area contributed by atoms with E-state index in [1.165, 1.54) is 11.5 Å². The van der Waals surface area contributed by atoms with Gasteiger partial charge in [0.05, 0.1) is 19.0 Å². The van der Waals surface area contributed by atoms with Crippen molar-refractivity contribution in [2.75, 3.05) is 0 Å². The number of aromatic nitrogens is 3. The molecule has 0 unspecified atom stereocenters. The molecular weight excluding hydrogens is 234 g/mol. The lowest BCUT2D eigenvalue weighted by molar-refractivity contribution is 0.676. The van der Waals surface area contributed by atoms with E-state index < -0.39 is 0 Å². The smallest absolute Gasteiger partial charge is 0.222 e. The average Bonchev–Trinajstić information content (AvgIpc) is 2.74. The minimum Gasteiger partial charge on any atom is -0.252 e. The monoisotopic (exact) mass is 245 g/mol. The van der Waals surface area contributed by atoms with Crippen molar-refractivity contribution >= 4 is 11.5 Å². The van der Waals surface area contributed by atoms with Crippen molar-refractivity contribution < 1.29 is 0 Å². The van der Waals surface area contributed by atoms with E-state index >= 15 is 0 Å². The SMILES string of the molecule is Cn1nnsc1=NCc1ccccc1CC#N. The lowest BCUT2D eigenvalue weighted by Crippen LogP contribution is -2.12. The van der Waals surface area contributed by atoms with Gasteiger partial charge in [0, 0.05) is 18.6 Å². The van der Waals surface area contributed by atoms with Crippen molar-refractivity contribution in [1.29, 1.82) is 5.26 Å². The standard InChI is InChI=1S/C11H11N5S/c1-16-11(17-15-14-16)13-8-10-5-3-2-4-9(10)6-7-12/h2-5H,6,8H2,1H3. The van der Waals surface area contributed by atoms with Gasteiger partial charge in [-0.3, -0.25) is 4.99 Å². The first-order valence-corrected chi connectivity index (χ1v) is 5.88. The molecule has 0 atom stereocenters. The predicted octanol–water partition coefficient (Wildman–Crippen LogP) is 1.04. The molecule has 1 aromatic heterocycles. The summed E-state index contributed by atoms with van der Waals surface area (Å²) in [5.74, 6) is 0. The van der Waals surface area contributed by atoms with Gasteiger partial charge in [-0.2, -0.15) is 5.26 Å². The summed E-state index contributed by atoms with van der Waals surface area (Å²) in [6.45, 7) is 0.551. The van der Waals surface area contributed by atoms with Crippen LogP contribution in [0.15, 0.2) is 29.3 Å². The summed E-state index contributed by atoms with van der Waals surface area (Å²) in [4.78, 5) is 5.20. The van der Waals surface area contributed by atoms with Gasteiger partial charge in [-0.25, -0.2) is 4.68 Å². The number of rotatable bonds is 3. The Hall–Kier alpha value is -2.00. The Morgan fingerprint density at radius 1 is 1.41 bits per heavy atom. The zero-order chi connectivity index (χ0) is 12.1. The molecule has 0 spiro atoms. The van der Waals surface area contributed by atoms with Gasteiger partial charge in [0.25, 0.3) is 0 Å². The van der Waals surface area contributed by atoms with Crippen molar-refractivity contribution in [1.82, 2.24) is 14.4 Å². The van der Waals surface area contributed by atoms with Crippen molar-refractivity contribution in [3.63, 3.8) is 0 Å². The average molecular weight is 245 g/mol. The Morgan fingerprint density at radius 3 is 2.82 bits per heavy atom. The molecule has 6 heteroatoms. The molecule has 0 amide bonds. The summed E-state index contributed by atoms with van der Waals surface area (Å²) in [6.07, 6.45) is 0.415. The van der Waals surface area contributed by atoms with Crippen LogP contribution in [-0.4, -0.2) is 14.4 Å². The van der Waals surface area contributed by atoms with Crippen LogP contribution in [-0.2, 0) is 20.0 Å². The lowest BCUT2D eigenvalue weighted by Gasteiger charge is -2.02. The largest absolute Gasteiger partial charge is 0.252 e. The number of aryl methyl sites for hydroxylation is 1. The van der Waals surface area contributed by atoms with Gasteiger partial charge in [-0.15, -0.1) is 0 Å². The van der Waals surface area contributed by atoms with Crippen molar-refractivity contribution in [3.8, 4) is 6.07 Å². The van der Waals surface area contributed by atoms with Crippen molar-refractivity contribution in [2.24, 2.45) is 12.0 Å². The van der Waals surface area contributed by atoms with Crippen molar-refractivity contribution in [3.05, 3.63) is 40.2 Å². The molecular formula is C11H11N5S. The summed E-state index contributed by atoms with van der Waals surface area (Å²) >= 11 is 1.26. The van der Waals surface area contributed by atoms with Gasteiger partial charge in [0.1, 0.15) is 0 Å². The van der Waals surface area contributed by atoms with Crippen molar-refractivity contribution in [2.45, 2.75) is 13.0 Å². The molecule has 5 nitrogen and oxygen atoms in total. The fourth-order valence-electron chi connectivity index (χ4n) is 1.46. The minimum absolute atomic E-state index is 0.415. The van der Waals surface area contributed by atoms with Crippen LogP contribution in [0.5, 0.6) is 0 Å². The molecule has 0 fully saturated rings. The number of nitrogens with zero attached hydrogens (tertiary/aromatic N) is 5. The normalized spacial score (nSPS) is 11.4. The van der Waals surface area contributed by atoms with E-state index in [2.05, 4.69) is 20.8 Å². The Bertz CT molecular complexity index is 605. The fraction of sp³-hybridized carbons (Fsp3) is 0.273. The van der Waals surface area contributed by atoms with E-state index in [-0.39, 0.29) is 0 Å². The molecule has 0 aliphatic heterocycles. The van der Waals surface area contributed by atoms with Gasteiger partial charge in [-0.1, -0.05) is 34.0 Å². The first-order chi connectivity index (χ1) is 8.31. The number of hydrogen-bond donors (Lipinski definition) is 0. The van der Waals surface area contributed by atoms with E-state index in [0.717, 1.165) is 15.9 Å². The summed E-state index contributed by atoms with van der Waals surface area (Å²) in [5.41, 5.74) is 2.10. The molecule has 0 saturated heterocycles. The van der Waals surface area contributed by atoms with Crippen LogP contribution in [0.3, 0.4) is 0 Å². The fourth-order valence-corrected chi connectivity index (χ4v) is 1.96. The highest BCUT2D eigenvalue weighted by Crippen LogP contribution is 2.10. The first kappa shape index (κ1) is 11.5. The van der Waals surface area contributed by atoms with Crippen LogP contribution in [0, 0.1) is 11.3 Å². The maximum absolute atomic E-state index is 8.74. The van der Waals surface area contributed by atoms with Gasteiger partial charge in [-0.05, 0) is 11.1 Å². The van der Waals surface area contributed by atoms with Crippen LogP contribution < -0.4 is 4.80 Å². The molecule has 0 radical (unpaired) electrons. The van der Waals surface area contributed by atoms with Crippen LogP contribution in [0.4, 0.5) is 0 Å². The minimum atomic E-state index is 0.415. The maximum atomic E-state index is 8.74. The molecule has 1 aromatic carbocycles. The third-order valence-corrected chi connectivity index (χ3v) is 3.05. The van der Waals surface area contributed by atoms with Crippen LogP contribution >= 0.6 is 11.5 Å². The second-order valence-electron chi connectivity index (χ2n) is 3.49. The molecule has 17 heavy (non-hydrogen) atoms. The summed E-state index contributed by atoms with van der Waals surface area (Å²) in [7, 11) is 1.81. The predicted molar refractivity (Wildman–Crippen MR) is 63.9 cm³/mol. The van der Waals surface area contributed by atoms with Crippen LogP contribution in [0.1, 0.15) is 11.1 Å². The highest BCUT2D eigenvalue weighted by molar-refractivity contribution is 7.02. The van der Waals surface area contributed by atoms with Gasteiger partial charge in [0.2, 0.25) is 4.80 Å². The Balaban J connectivity index is 2.26. The van der Waals surface area contributed by atoms with E-state index in [1.807, 2.05) is 31.3 Å². The molecule has 0 saturated carbocycles. The second-order valence-corrected chi connectivity index (χ2v) is 4.20. The molecule has 1 heterocycles. The summed E-state index contributed by atoms with van der Waals surface area (Å²) in [6, 6.07) is 10.00. The van der Waals surface area contributed by atoms with Crippen LogP contribution in [0.25, 0.3) is 0 Å². The highest BCUT2D eigenvalue weighted by Gasteiger charge is 2.00. The first-order valence-electron chi connectivity index (χ1n) is 5.11.